The number of amides is 1. The van der Waals surface area contributed by atoms with Gasteiger partial charge in [-0.25, -0.2) is 4.79 Å². The Kier molecular flexibility index (Phi) is 4.86. The fraction of sp³-hybridized carbons (Fsp3) is 0.455. The van der Waals surface area contributed by atoms with E-state index in [2.05, 4.69) is 15.9 Å². The van der Waals surface area contributed by atoms with Gasteiger partial charge in [0.2, 0.25) is 0 Å². The first-order chi connectivity index (χ1) is 8.90. The monoisotopic (exact) mass is 373 g/mol. The smallest absolute Gasteiger partial charge is 0.456 e. The highest BCUT2D eigenvalue weighted by molar-refractivity contribution is 9.11. The molecule has 1 N–H and O–H groups in total. The third kappa shape index (κ3) is 4.78. The molecule has 20 heavy (non-hydrogen) atoms. The van der Waals surface area contributed by atoms with Gasteiger partial charge in [-0.15, -0.1) is 11.3 Å². The minimum Gasteiger partial charge on any atom is -0.456 e. The van der Waals surface area contributed by atoms with E-state index in [1.165, 1.54) is 6.07 Å². The third-order valence-electron chi connectivity index (χ3n) is 1.81. The van der Waals surface area contributed by atoms with Gasteiger partial charge in [0, 0.05) is 0 Å². The molecule has 1 aromatic rings. The Bertz CT molecular complexity index is 534. The lowest BCUT2D eigenvalue weighted by Crippen LogP contribution is -2.30. The second kappa shape index (κ2) is 5.72. The summed E-state index contributed by atoms with van der Waals surface area (Å²) in [5.41, 5.74) is -0.925. The maximum Gasteiger partial charge on any atom is 0.471 e. The van der Waals surface area contributed by atoms with Crippen molar-refractivity contribution in [1.29, 1.82) is 0 Å². The van der Waals surface area contributed by atoms with Gasteiger partial charge in [0.05, 0.1) is 9.35 Å². The molecule has 0 aliphatic rings. The molecule has 0 aliphatic heterocycles. The van der Waals surface area contributed by atoms with E-state index in [0.717, 1.165) is 11.3 Å². The van der Waals surface area contributed by atoms with Gasteiger partial charge in [-0.1, -0.05) is 0 Å². The molecule has 9 heteroatoms. The zero-order chi connectivity index (χ0) is 15.7. The number of carbonyl (C=O) groups excluding carboxylic acids is 2. The Morgan fingerprint density at radius 2 is 1.85 bits per heavy atom. The first-order valence-electron chi connectivity index (χ1n) is 5.31. The molecule has 0 atom stereocenters. The van der Waals surface area contributed by atoms with E-state index in [9.17, 15) is 22.8 Å². The molecule has 112 valence electrons. The van der Waals surface area contributed by atoms with Crippen LogP contribution in [0.1, 0.15) is 31.1 Å². The van der Waals surface area contributed by atoms with Gasteiger partial charge in [0.1, 0.15) is 10.6 Å². The molecule has 0 radical (unpaired) electrons. The fourth-order valence-electron chi connectivity index (χ4n) is 1.11. The van der Waals surface area contributed by atoms with Crippen molar-refractivity contribution in [2.45, 2.75) is 32.5 Å². The number of thiophene rings is 1. The lowest BCUT2D eigenvalue weighted by Gasteiger charge is -2.19. The highest BCUT2D eigenvalue weighted by Gasteiger charge is 2.39. The number of hydrogen-bond donors (Lipinski definition) is 1. The molecule has 1 heterocycles. The van der Waals surface area contributed by atoms with Crippen molar-refractivity contribution >= 4 is 44.1 Å². The quantitative estimate of drug-likeness (QED) is 0.798. The van der Waals surface area contributed by atoms with E-state index in [1.54, 1.807) is 26.1 Å². The van der Waals surface area contributed by atoms with Crippen molar-refractivity contribution in [3.63, 3.8) is 0 Å². The van der Waals surface area contributed by atoms with Crippen LogP contribution in [0.4, 0.5) is 18.2 Å². The number of anilines is 1. The number of nitrogens with one attached hydrogen (secondary N) is 1. The molecule has 1 rings (SSSR count). The second-order valence-corrected chi connectivity index (χ2v) is 7.18. The zero-order valence-corrected chi connectivity index (χ0v) is 13.1. The fourth-order valence-corrected chi connectivity index (χ4v) is 2.59. The summed E-state index contributed by atoms with van der Waals surface area (Å²) in [6.45, 7) is 4.88. The molecule has 0 saturated heterocycles. The molecular formula is C11H11BrF3NO3S. The predicted molar refractivity (Wildman–Crippen MR) is 71.9 cm³/mol. The summed E-state index contributed by atoms with van der Waals surface area (Å²) in [6.07, 6.45) is -5.03. The number of alkyl halides is 3. The van der Waals surface area contributed by atoms with Crippen LogP contribution >= 0.6 is 27.3 Å². The minimum absolute atomic E-state index is 0.130. The van der Waals surface area contributed by atoms with Gasteiger partial charge in [0.25, 0.3) is 0 Å². The summed E-state index contributed by atoms with van der Waals surface area (Å²) in [5.74, 6) is -2.95. The molecule has 0 unspecified atom stereocenters. The number of hydrogen-bond acceptors (Lipinski definition) is 4. The van der Waals surface area contributed by atoms with Gasteiger partial charge in [-0.05, 0) is 42.8 Å². The SMILES string of the molecule is CC(C)(C)OC(=O)c1cc(Br)sc1NC(=O)C(F)(F)F. The van der Waals surface area contributed by atoms with E-state index >= 15 is 0 Å². The van der Waals surface area contributed by atoms with Gasteiger partial charge in [-0.2, -0.15) is 13.2 Å². The molecule has 0 aromatic carbocycles. The Balaban J connectivity index is 3.00. The van der Waals surface area contributed by atoms with Crippen LogP contribution in [0, 0.1) is 0 Å². The Labute approximate surface area is 125 Å². The van der Waals surface area contributed by atoms with Crippen molar-refractivity contribution in [3.8, 4) is 0 Å². The lowest BCUT2D eigenvalue weighted by atomic mass is 10.2. The van der Waals surface area contributed by atoms with Crippen molar-refractivity contribution in [2.24, 2.45) is 0 Å². The highest BCUT2D eigenvalue weighted by atomic mass is 79.9. The molecule has 0 spiro atoms. The maximum absolute atomic E-state index is 12.2. The normalized spacial score (nSPS) is 12.2. The molecule has 0 saturated carbocycles. The van der Waals surface area contributed by atoms with Gasteiger partial charge in [-0.3, -0.25) is 4.79 Å². The van der Waals surface area contributed by atoms with Crippen LogP contribution < -0.4 is 5.32 Å². The molecule has 0 fully saturated rings. The van der Waals surface area contributed by atoms with Gasteiger partial charge >= 0.3 is 18.1 Å². The van der Waals surface area contributed by atoms with Crippen molar-refractivity contribution < 1.29 is 27.5 Å². The van der Waals surface area contributed by atoms with Gasteiger partial charge < -0.3 is 10.1 Å². The Morgan fingerprint density at radius 1 is 1.30 bits per heavy atom. The highest BCUT2D eigenvalue weighted by Crippen LogP contribution is 2.34. The number of esters is 1. The van der Waals surface area contributed by atoms with Crippen LogP contribution in [0.25, 0.3) is 0 Å². The summed E-state index contributed by atoms with van der Waals surface area (Å²) >= 11 is 3.85. The number of carbonyl (C=O) groups is 2. The molecule has 4 nitrogen and oxygen atoms in total. The maximum atomic E-state index is 12.2. The van der Waals surface area contributed by atoms with Crippen LogP contribution in [0.2, 0.25) is 0 Å². The Morgan fingerprint density at radius 3 is 2.30 bits per heavy atom. The van der Waals surface area contributed by atoms with Crippen molar-refractivity contribution in [3.05, 3.63) is 15.4 Å². The minimum atomic E-state index is -5.03. The number of rotatable bonds is 2. The van der Waals surface area contributed by atoms with Crippen LogP contribution in [0.15, 0.2) is 9.85 Å². The first kappa shape index (κ1) is 17.0. The van der Waals surface area contributed by atoms with E-state index in [1.807, 2.05) is 0 Å². The second-order valence-electron chi connectivity index (χ2n) is 4.75. The van der Waals surface area contributed by atoms with Crippen LogP contribution in [-0.4, -0.2) is 23.7 Å². The predicted octanol–water partition coefficient (Wildman–Crippen LogP) is 3.97. The van der Waals surface area contributed by atoms with Gasteiger partial charge in [0.15, 0.2) is 0 Å². The van der Waals surface area contributed by atoms with E-state index < -0.39 is 23.7 Å². The van der Waals surface area contributed by atoms with E-state index in [4.69, 9.17) is 4.74 Å². The van der Waals surface area contributed by atoms with Crippen molar-refractivity contribution in [1.82, 2.24) is 0 Å². The molecule has 0 aliphatic carbocycles. The largest absolute Gasteiger partial charge is 0.471 e. The molecule has 1 aromatic heterocycles. The van der Waals surface area contributed by atoms with E-state index in [0.29, 0.717) is 3.79 Å². The molecule has 1 amide bonds. The summed E-state index contributed by atoms with van der Waals surface area (Å²) in [7, 11) is 0. The first-order valence-corrected chi connectivity index (χ1v) is 6.92. The van der Waals surface area contributed by atoms with Crippen LogP contribution in [-0.2, 0) is 9.53 Å². The number of halogens is 4. The lowest BCUT2D eigenvalue weighted by molar-refractivity contribution is -0.167. The average Bonchev–Trinajstić information content (AvgIpc) is 2.55. The average molecular weight is 374 g/mol. The summed E-state index contributed by atoms with van der Waals surface area (Å²) in [4.78, 5) is 22.8. The third-order valence-corrected chi connectivity index (χ3v) is 3.36. The molecular weight excluding hydrogens is 363 g/mol. The summed E-state index contributed by atoms with van der Waals surface area (Å²) in [6, 6.07) is 1.30. The number of ether oxygens (including phenoxy) is 1. The van der Waals surface area contributed by atoms with E-state index in [-0.39, 0.29) is 10.6 Å². The summed E-state index contributed by atoms with van der Waals surface area (Å²) in [5, 5.41) is 1.45. The summed E-state index contributed by atoms with van der Waals surface area (Å²) < 4.78 is 42.1. The van der Waals surface area contributed by atoms with Crippen molar-refractivity contribution in [2.75, 3.05) is 5.32 Å². The zero-order valence-electron chi connectivity index (χ0n) is 10.7. The Hall–Kier alpha value is -1.09. The topological polar surface area (TPSA) is 55.4 Å². The standard InChI is InChI=1S/C11H11BrF3NO3S/c1-10(2,3)19-8(17)5-4-6(12)20-7(5)16-9(18)11(13,14)15/h4H,1-3H3,(H,16,18). The van der Waals surface area contributed by atoms with Crippen LogP contribution in [0.5, 0.6) is 0 Å². The molecule has 0 bridgehead atoms. The van der Waals surface area contributed by atoms with Crippen LogP contribution in [0.3, 0.4) is 0 Å².